The molecule has 0 aliphatic carbocycles. The second kappa shape index (κ2) is 6.45. The molecule has 106 valence electrons. The summed E-state index contributed by atoms with van der Waals surface area (Å²) in [6, 6.07) is 2.81. The van der Waals surface area contributed by atoms with Gasteiger partial charge < -0.3 is 10.6 Å². The van der Waals surface area contributed by atoms with E-state index in [-0.39, 0.29) is 5.69 Å². The van der Waals surface area contributed by atoms with Crippen LogP contribution in [0.4, 0.5) is 17.3 Å². The molecular weight excluding hydrogens is 262 g/mol. The van der Waals surface area contributed by atoms with Gasteiger partial charge in [0.15, 0.2) is 0 Å². The molecule has 0 bridgehead atoms. The molecular formula is C11H15N7O2. The largest absolute Gasteiger partial charge is 0.370 e. The molecule has 20 heavy (non-hydrogen) atoms. The van der Waals surface area contributed by atoms with Crippen LogP contribution < -0.4 is 10.6 Å². The van der Waals surface area contributed by atoms with Crippen LogP contribution in [0.1, 0.15) is 6.92 Å². The minimum Gasteiger partial charge on any atom is -0.370 e. The van der Waals surface area contributed by atoms with Gasteiger partial charge in [0.25, 0.3) is 5.69 Å². The minimum atomic E-state index is -0.439. The quantitative estimate of drug-likeness (QED) is 0.576. The van der Waals surface area contributed by atoms with Crippen molar-refractivity contribution >= 4 is 17.3 Å². The van der Waals surface area contributed by atoms with Crippen LogP contribution in [0.3, 0.4) is 0 Å². The Kier molecular flexibility index (Phi) is 4.43. The summed E-state index contributed by atoms with van der Waals surface area (Å²) < 4.78 is 1.66. The Labute approximate surface area is 115 Å². The second-order valence-corrected chi connectivity index (χ2v) is 3.98. The van der Waals surface area contributed by atoms with Crippen molar-refractivity contribution in [2.75, 3.05) is 23.7 Å². The number of nitrogens with zero attached hydrogens (tertiary/aromatic N) is 5. The van der Waals surface area contributed by atoms with Gasteiger partial charge in [0.1, 0.15) is 11.6 Å². The Morgan fingerprint density at radius 2 is 2.10 bits per heavy atom. The molecule has 9 nitrogen and oxygen atoms in total. The summed E-state index contributed by atoms with van der Waals surface area (Å²) in [6.07, 6.45) is 3.33. The lowest BCUT2D eigenvalue weighted by molar-refractivity contribution is -0.384. The highest BCUT2D eigenvalue weighted by Crippen LogP contribution is 2.20. The molecule has 0 fully saturated rings. The molecule has 0 saturated carbocycles. The van der Waals surface area contributed by atoms with Crippen molar-refractivity contribution < 1.29 is 4.92 Å². The van der Waals surface area contributed by atoms with E-state index in [1.54, 1.807) is 17.1 Å². The van der Waals surface area contributed by atoms with Crippen molar-refractivity contribution in [3.8, 4) is 0 Å². The minimum absolute atomic E-state index is 0.000735. The summed E-state index contributed by atoms with van der Waals surface area (Å²) in [6.45, 7) is 3.69. The van der Waals surface area contributed by atoms with Crippen molar-refractivity contribution in [1.29, 1.82) is 0 Å². The van der Waals surface area contributed by atoms with Crippen molar-refractivity contribution in [2.45, 2.75) is 13.5 Å². The lowest BCUT2D eigenvalue weighted by atomic mass is 10.3. The molecule has 2 N–H and O–H groups in total. The van der Waals surface area contributed by atoms with E-state index in [4.69, 9.17) is 0 Å². The lowest BCUT2D eigenvalue weighted by Gasteiger charge is -2.08. The van der Waals surface area contributed by atoms with Crippen LogP contribution in [0.15, 0.2) is 24.5 Å². The summed E-state index contributed by atoms with van der Waals surface area (Å²) in [7, 11) is 0. The molecule has 0 atom stereocenters. The molecule has 2 rings (SSSR count). The monoisotopic (exact) mass is 277 g/mol. The van der Waals surface area contributed by atoms with Crippen LogP contribution in [-0.2, 0) is 6.54 Å². The predicted octanol–water partition coefficient (Wildman–Crippen LogP) is 1.13. The van der Waals surface area contributed by atoms with Crippen molar-refractivity contribution in [1.82, 2.24) is 20.0 Å². The third-order valence-electron chi connectivity index (χ3n) is 2.50. The predicted molar refractivity (Wildman–Crippen MR) is 73.6 cm³/mol. The maximum absolute atomic E-state index is 10.9. The molecule has 9 heteroatoms. The van der Waals surface area contributed by atoms with E-state index in [1.165, 1.54) is 12.1 Å². The standard InChI is InChI=1S/C11H15N7O2/c1-2-12-10-7-9(18(19)20)8-11(15-10)13-3-5-17-6-4-14-16-17/h4,6-8H,2-3,5H2,1H3,(H2,12,13,15). The molecule has 2 aromatic heterocycles. The van der Waals surface area contributed by atoms with E-state index < -0.39 is 4.92 Å². The first-order valence-electron chi connectivity index (χ1n) is 6.17. The first-order valence-corrected chi connectivity index (χ1v) is 6.17. The lowest BCUT2D eigenvalue weighted by Crippen LogP contribution is -2.12. The van der Waals surface area contributed by atoms with Gasteiger partial charge in [-0.25, -0.2) is 4.98 Å². The first-order chi connectivity index (χ1) is 9.69. The van der Waals surface area contributed by atoms with Gasteiger partial charge in [0.05, 0.1) is 29.8 Å². The molecule has 0 saturated heterocycles. The van der Waals surface area contributed by atoms with Gasteiger partial charge >= 0.3 is 0 Å². The van der Waals surface area contributed by atoms with Crippen LogP contribution in [0.25, 0.3) is 0 Å². The van der Waals surface area contributed by atoms with Gasteiger partial charge in [0.2, 0.25) is 0 Å². The maximum Gasteiger partial charge on any atom is 0.276 e. The Morgan fingerprint density at radius 1 is 1.35 bits per heavy atom. The van der Waals surface area contributed by atoms with Crippen LogP contribution >= 0.6 is 0 Å². The zero-order valence-electron chi connectivity index (χ0n) is 11.0. The number of anilines is 2. The number of nitro groups is 1. The molecule has 0 unspecified atom stereocenters. The second-order valence-electron chi connectivity index (χ2n) is 3.98. The van der Waals surface area contributed by atoms with Crippen LogP contribution in [0.5, 0.6) is 0 Å². The smallest absolute Gasteiger partial charge is 0.276 e. The molecule has 0 radical (unpaired) electrons. The maximum atomic E-state index is 10.9. The van der Waals surface area contributed by atoms with Gasteiger partial charge in [-0.1, -0.05) is 5.21 Å². The van der Waals surface area contributed by atoms with E-state index in [1.807, 2.05) is 6.92 Å². The fourth-order valence-electron chi connectivity index (χ4n) is 1.63. The fraction of sp³-hybridized carbons (Fsp3) is 0.364. The summed E-state index contributed by atoms with van der Waals surface area (Å²) in [5, 5.41) is 24.4. The zero-order valence-corrected chi connectivity index (χ0v) is 11.0. The third kappa shape index (κ3) is 3.64. The van der Waals surface area contributed by atoms with E-state index in [0.717, 1.165) is 0 Å². The highest BCUT2D eigenvalue weighted by Gasteiger charge is 2.10. The molecule has 0 amide bonds. The normalized spacial score (nSPS) is 10.2. The summed E-state index contributed by atoms with van der Waals surface area (Å²) in [4.78, 5) is 14.7. The molecule has 2 heterocycles. The number of pyridine rings is 1. The Hall–Kier alpha value is -2.71. The highest BCUT2D eigenvalue weighted by molar-refractivity contribution is 5.54. The van der Waals surface area contributed by atoms with Crippen LogP contribution in [0, 0.1) is 10.1 Å². The van der Waals surface area contributed by atoms with Crippen molar-refractivity contribution in [2.24, 2.45) is 0 Å². The summed E-state index contributed by atoms with van der Waals surface area (Å²) >= 11 is 0. The summed E-state index contributed by atoms with van der Waals surface area (Å²) in [5.74, 6) is 0.931. The van der Waals surface area contributed by atoms with E-state index in [9.17, 15) is 10.1 Å². The number of hydrogen-bond donors (Lipinski definition) is 2. The summed E-state index contributed by atoms with van der Waals surface area (Å²) in [5.41, 5.74) is -0.000735. The Bertz CT molecular complexity index is 570. The van der Waals surface area contributed by atoms with Gasteiger partial charge in [-0.15, -0.1) is 5.10 Å². The van der Waals surface area contributed by atoms with E-state index >= 15 is 0 Å². The van der Waals surface area contributed by atoms with Gasteiger partial charge in [-0.2, -0.15) is 0 Å². The Balaban J connectivity index is 2.03. The molecule has 2 aromatic rings. The number of hydrogen-bond acceptors (Lipinski definition) is 7. The molecule has 0 spiro atoms. The van der Waals surface area contributed by atoms with Gasteiger partial charge in [-0.05, 0) is 6.92 Å². The van der Waals surface area contributed by atoms with Gasteiger partial charge in [-0.3, -0.25) is 14.8 Å². The van der Waals surface area contributed by atoms with E-state index in [0.29, 0.717) is 31.3 Å². The topological polar surface area (TPSA) is 111 Å². The van der Waals surface area contributed by atoms with Crippen molar-refractivity contribution in [3.05, 3.63) is 34.6 Å². The fourth-order valence-corrected chi connectivity index (χ4v) is 1.63. The average Bonchev–Trinajstić information content (AvgIpc) is 2.92. The first kappa shape index (κ1) is 13.7. The molecule has 0 aliphatic rings. The SMILES string of the molecule is CCNc1cc([N+](=O)[O-])cc(NCCn2ccnn2)n1. The zero-order chi connectivity index (χ0) is 14.4. The number of rotatable bonds is 7. The average molecular weight is 277 g/mol. The third-order valence-corrected chi connectivity index (χ3v) is 2.50. The Morgan fingerprint density at radius 3 is 2.70 bits per heavy atom. The van der Waals surface area contributed by atoms with Crippen LogP contribution in [-0.4, -0.2) is 38.0 Å². The molecule has 0 aliphatic heterocycles. The van der Waals surface area contributed by atoms with Crippen LogP contribution in [0.2, 0.25) is 0 Å². The van der Waals surface area contributed by atoms with Crippen molar-refractivity contribution in [3.63, 3.8) is 0 Å². The highest BCUT2D eigenvalue weighted by atomic mass is 16.6. The molecule has 0 aromatic carbocycles. The van der Waals surface area contributed by atoms with E-state index in [2.05, 4.69) is 25.9 Å². The number of aromatic nitrogens is 4. The van der Waals surface area contributed by atoms with Gasteiger partial charge in [0, 0.05) is 19.3 Å². The number of nitrogens with one attached hydrogen (secondary N) is 2.